The van der Waals surface area contributed by atoms with Gasteiger partial charge in [0, 0.05) is 6.54 Å². The van der Waals surface area contributed by atoms with Crippen LogP contribution in [0.3, 0.4) is 0 Å². The molecular weight excluding hydrogens is 184 g/mol. The first-order valence-electron chi connectivity index (χ1n) is 3.98. The molecule has 13 heavy (non-hydrogen) atoms. The van der Waals surface area contributed by atoms with E-state index in [9.17, 15) is 13.6 Å². The summed E-state index contributed by atoms with van der Waals surface area (Å²) >= 11 is 0. The number of carboxylic acids is 1. The number of halogens is 2. The highest BCUT2D eigenvalue weighted by molar-refractivity contribution is 5.73. The minimum Gasteiger partial charge on any atom is -0.480 e. The summed E-state index contributed by atoms with van der Waals surface area (Å²) in [6, 6.07) is -0.668. The molecule has 0 amide bonds. The Morgan fingerprint density at radius 2 is 2.38 bits per heavy atom. The lowest BCUT2D eigenvalue weighted by molar-refractivity contribution is -0.168. The molecule has 1 N–H and O–H groups in total. The summed E-state index contributed by atoms with van der Waals surface area (Å²) in [5.74, 6) is -0.977. The number of hydrogen-bond acceptors (Lipinski definition) is 3. The SMILES string of the molecule is O=C(O)C1CCCN1COC(F)F. The van der Waals surface area contributed by atoms with Crippen LogP contribution in [0.15, 0.2) is 0 Å². The lowest BCUT2D eigenvalue weighted by Crippen LogP contribution is -2.37. The van der Waals surface area contributed by atoms with Gasteiger partial charge >= 0.3 is 12.6 Å². The van der Waals surface area contributed by atoms with E-state index >= 15 is 0 Å². The molecule has 0 aromatic carbocycles. The standard InChI is InChI=1S/C7H11F2NO3/c8-7(9)13-4-10-3-1-2-5(10)6(11)12/h5,7H,1-4H2,(H,11,12). The molecule has 0 radical (unpaired) electrons. The molecule has 0 saturated carbocycles. The maximum atomic E-state index is 11.6. The number of carboxylic acid groups (broad SMARTS) is 1. The van der Waals surface area contributed by atoms with Crippen LogP contribution >= 0.6 is 0 Å². The molecule has 0 aromatic heterocycles. The van der Waals surface area contributed by atoms with Gasteiger partial charge in [-0.3, -0.25) is 9.69 Å². The normalized spacial score (nSPS) is 24.1. The van der Waals surface area contributed by atoms with E-state index in [0.29, 0.717) is 19.4 Å². The highest BCUT2D eigenvalue weighted by Gasteiger charge is 2.30. The zero-order chi connectivity index (χ0) is 9.84. The number of alkyl halides is 2. The van der Waals surface area contributed by atoms with Crippen molar-refractivity contribution in [2.24, 2.45) is 0 Å². The van der Waals surface area contributed by atoms with E-state index < -0.39 is 18.6 Å². The van der Waals surface area contributed by atoms with E-state index in [-0.39, 0.29) is 6.73 Å². The molecule has 0 bridgehead atoms. The van der Waals surface area contributed by atoms with Gasteiger partial charge < -0.3 is 9.84 Å². The summed E-state index contributed by atoms with van der Waals surface area (Å²) in [5, 5.41) is 8.66. The lowest BCUT2D eigenvalue weighted by atomic mass is 10.2. The summed E-state index contributed by atoms with van der Waals surface area (Å²) in [6.45, 7) is -2.65. The Bertz CT molecular complexity index is 189. The third-order valence-electron chi connectivity index (χ3n) is 2.02. The smallest absolute Gasteiger partial charge is 0.346 e. The second-order valence-electron chi connectivity index (χ2n) is 2.87. The van der Waals surface area contributed by atoms with E-state index in [4.69, 9.17) is 5.11 Å². The maximum absolute atomic E-state index is 11.6. The Balaban J connectivity index is 2.35. The Labute approximate surface area is 74.1 Å². The average Bonchev–Trinajstić information content (AvgIpc) is 2.47. The molecule has 1 saturated heterocycles. The van der Waals surface area contributed by atoms with Crippen LogP contribution in [0.25, 0.3) is 0 Å². The number of nitrogens with zero attached hydrogens (tertiary/aromatic N) is 1. The van der Waals surface area contributed by atoms with E-state index in [1.807, 2.05) is 0 Å². The van der Waals surface area contributed by atoms with Crippen molar-refractivity contribution >= 4 is 5.97 Å². The second kappa shape index (κ2) is 4.48. The first-order valence-corrected chi connectivity index (χ1v) is 3.98. The summed E-state index contributed by atoms with van der Waals surface area (Å²) in [7, 11) is 0. The lowest BCUT2D eigenvalue weighted by Gasteiger charge is -2.20. The van der Waals surface area contributed by atoms with Gasteiger partial charge in [0.25, 0.3) is 0 Å². The summed E-state index contributed by atoms with van der Waals surface area (Å²) in [6.07, 6.45) is 1.21. The summed E-state index contributed by atoms with van der Waals surface area (Å²) < 4.78 is 27.3. The molecule has 4 nitrogen and oxygen atoms in total. The minimum atomic E-state index is -2.84. The molecule has 6 heteroatoms. The largest absolute Gasteiger partial charge is 0.480 e. The second-order valence-corrected chi connectivity index (χ2v) is 2.87. The van der Waals surface area contributed by atoms with Crippen LogP contribution in [0.1, 0.15) is 12.8 Å². The predicted molar refractivity (Wildman–Crippen MR) is 39.3 cm³/mol. The Hall–Kier alpha value is -0.750. The molecule has 1 rings (SSSR count). The van der Waals surface area contributed by atoms with Crippen molar-refractivity contribution < 1.29 is 23.4 Å². The maximum Gasteiger partial charge on any atom is 0.346 e. The van der Waals surface area contributed by atoms with Gasteiger partial charge in [0.05, 0.1) is 0 Å². The predicted octanol–water partition coefficient (Wildman–Crippen LogP) is 0.732. The van der Waals surface area contributed by atoms with Crippen molar-refractivity contribution in [2.45, 2.75) is 25.5 Å². The molecule has 1 aliphatic heterocycles. The average molecular weight is 195 g/mol. The zero-order valence-corrected chi connectivity index (χ0v) is 6.95. The molecule has 0 aliphatic carbocycles. The summed E-state index contributed by atoms with van der Waals surface area (Å²) in [4.78, 5) is 12.0. The van der Waals surface area contributed by atoms with Crippen molar-refractivity contribution in [3.05, 3.63) is 0 Å². The number of carbonyl (C=O) groups is 1. The molecular formula is C7H11F2NO3. The Morgan fingerprint density at radius 1 is 1.69 bits per heavy atom. The third kappa shape index (κ3) is 2.89. The highest BCUT2D eigenvalue weighted by atomic mass is 19.3. The van der Waals surface area contributed by atoms with Crippen LogP contribution in [-0.2, 0) is 9.53 Å². The number of hydrogen-bond donors (Lipinski definition) is 1. The van der Waals surface area contributed by atoms with Gasteiger partial charge in [-0.1, -0.05) is 0 Å². The topological polar surface area (TPSA) is 49.8 Å². The van der Waals surface area contributed by atoms with Crippen LogP contribution in [0.4, 0.5) is 8.78 Å². The summed E-state index contributed by atoms with van der Waals surface area (Å²) in [5.41, 5.74) is 0. The van der Waals surface area contributed by atoms with Gasteiger partial charge in [0.2, 0.25) is 0 Å². The third-order valence-corrected chi connectivity index (χ3v) is 2.02. The minimum absolute atomic E-state index is 0.311. The van der Waals surface area contributed by atoms with E-state index in [1.165, 1.54) is 4.90 Å². The van der Waals surface area contributed by atoms with Gasteiger partial charge in [0.1, 0.15) is 12.8 Å². The van der Waals surface area contributed by atoms with Gasteiger partial charge in [-0.15, -0.1) is 0 Å². The van der Waals surface area contributed by atoms with Crippen molar-refractivity contribution in [1.29, 1.82) is 0 Å². The van der Waals surface area contributed by atoms with E-state index in [0.717, 1.165) is 0 Å². The van der Waals surface area contributed by atoms with Crippen molar-refractivity contribution in [3.63, 3.8) is 0 Å². The first kappa shape index (κ1) is 10.3. The molecule has 1 unspecified atom stereocenters. The van der Waals surface area contributed by atoms with Crippen molar-refractivity contribution in [1.82, 2.24) is 4.90 Å². The number of aliphatic carboxylic acids is 1. The number of rotatable bonds is 4. The quantitative estimate of drug-likeness (QED) is 0.718. The number of ether oxygens (including phenoxy) is 1. The monoisotopic (exact) mass is 195 g/mol. The molecule has 0 aromatic rings. The molecule has 1 atom stereocenters. The molecule has 1 fully saturated rings. The molecule has 76 valence electrons. The van der Waals surface area contributed by atoms with Crippen molar-refractivity contribution in [2.75, 3.05) is 13.3 Å². The molecule has 1 aliphatic rings. The fourth-order valence-corrected chi connectivity index (χ4v) is 1.41. The van der Waals surface area contributed by atoms with Crippen LogP contribution < -0.4 is 0 Å². The fraction of sp³-hybridized carbons (Fsp3) is 0.857. The highest BCUT2D eigenvalue weighted by Crippen LogP contribution is 2.17. The van der Waals surface area contributed by atoms with Gasteiger partial charge in [-0.25, -0.2) is 0 Å². The van der Waals surface area contributed by atoms with E-state index in [2.05, 4.69) is 4.74 Å². The van der Waals surface area contributed by atoms with E-state index in [1.54, 1.807) is 0 Å². The van der Waals surface area contributed by atoms with Crippen LogP contribution in [0.5, 0.6) is 0 Å². The van der Waals surface area contributed by atoms with Gasteiger partial charge in [-0.2, -0.15) is 8.78 Å². The van der Waals surface area contributed by atoms with Crippen molar-refractivity contribution in [3.8, 4) is 0 Å². The van der Waals surface area contributed by atoms with Gasteiger partial charge in [-0.05, 0) is 12.8 Å². The fourth-order valence-electron chi connectivity index (χ4n) is 1.41. The van der Waals surface area contributed by atoms with Crippen LogP contribution in [0.2, 0.25) is 0 Å². The van der Waals surface area contributed by atoms with Crippen LogP contribution in [-0.4, -0.2) is 41.9 Å². The number of likely N-dealkylation sites (tertiary alicyclic amines) is 1. The Kier molecular flexibility index (Phi) is 3.56. The zero-order valence-electron chi connectivity index (χ0n) is 6.95. The first-order chi connectivity index (χ1) is 6.11. The van der Waals surface area contributed by atoms with Gasteiger partial charge in [0.15, 0.2) is 0 Å². The molecule has 1 heterocycles. The van der Waals surface area contributed by atoms with Crippen LogP contribution in [0, 0.1) is 0 Å². The molecule has 0 spiro atoms. The Morgan fingerprint density at radius 3 is 2.92 bits per heavy atom.